The van der Waals surface area contributed by atoms with Crippen LogP contribution in [0.25, 0.3) is 22.0 Å². The highest BCUT2D eigenvalue weighted by atomic mass is 35.5. The first kappa shape index (κ1) is 19.4. The summed E-state index contributed by atoms with van der Waals surface area (Å²) >= 11 is 6.10. The van der Waals surface area contributed by atoms with Crippen LogP contribution in [0.1, 0.15) is 38.0 Å². The zero-order valence-electron chi connectivity index (χ0n) is 16.1. The van der Waals surface area contributed by atoms with Crippen molar-refractivity contribution >= 4 is 22.5 Å². The molecule has 0 bridgehead atoms. The minimum Gasteiger partial charge on any atom is -0.510 e. The van der Waals surface area contributed by atoms with Crippen molar-refractivity contribution in [1.29, 1.82) is 0 Å². The Morgan fingerprint density at radius 2 is 1.85 bits per heavy atom. The molecule has 0 saturated carbocycles. The van der Waals surface area contributed by atoms with E-state index in [1.165, 1.54) is 0 Å². The first-order valence-corrected chi connectivity index (χ1v) is 9.25. The fraction of sp³-hybridized carbons (Fsp3) is 0.261. The number of benzene rings is 2. The second-order valence-corrected chi connectivity index (χ2v) is 8.10. The van der Waals surface area contributed by atoms with Crippen molar-refractivity contribution in [3.8, 4) is 11.1 Å². The van der Waals surface area contributed by atoms with E-state index in [0.717, 1.165) is 33.2 Å². The average molecular weight is 382 g/mol. The molecule has 0 aliphatic carbocycles. The minimum atomic E-state index is -0.653. The van der Waals surface area contributed by atoms with E-state index in [4.69, 9.17) is 16.3 Å². The molecule has 0 radical (unpaired) electrons. The van der Waals surface area contributed by atoms with E-state index in [-0.39, 0.29) is 5.76 Å². The quantitative estimate of drug-likeness (QED) is 0.506. The first-order chi connectivity index (χ1) is 12.7. The number of fused-ring (bicyclic) bond motifs is 1. The summed E-state index contributed by atoms with van der Waals surface area (Å²) in [5.41, 5.74) is 4.26. The standard InChI is InChI=1S/C23H24ClNO2/c1-14-13-19-18(7-6-12-25-19)21(16-8-10-17(24)11-9-16)20(14)22(15(2)26)27-23(3,4)5/h6-13,22,26H,2H2,1,3-5H3/t22-/m1/s1. The molecular formula is C23H24ClNO2. The van der Waals surface area contributed by atoms with Crippen LogP contribution in [0.2, 0.25) is 5.02 Å². The molecule has 1 aromatic heterocycles. The van der Waals surface area contributed by atoms with E-state index in [1.807, 2.05) is 70.2 Å². The van der Waals surface area contributed by atoms with Gasteiger partial charge in [0.25, 0.3) is 0 Å². The summed E-state index contributed by atoms with van der Waals surface area (Å²) in [6.07, 6.45) is 1.13. The van der Waals surface area contributed by atoms with Gasteiger partial charge in [-0.05, 0) is 74.2 Å². The summed E-state index contributed by atoms with van der Waals surface area (Å²) in [6.45, 7) is 11.7. The van der Waals surface area contributed by atoms with E-state index in [9.17, 15) is 5.11 Å². The van der Waals surface area contributed by atoms with E-state index in [1.54, 1.807) is 6.20 Å². The van der Waals surface area contributed by atoms with E-state index in [2.05, 4.69) is 11.6 Å². The lowest BCUT2D eigenvalue weighted by molar-refractivity contribution is -0.0594. The van der Waals surface area contributed by atoms with Crippen molar-refractivity contribution in [1.82, 2.24) is 4.98 Å². The van der Waals surface area contributed by atoms with Gasteiger partial charge in [0.2, 0.25) is 0 Å². The molecule has 0 saturated heterocycles. The lowest BCUT2D eigenvalue weighted by atomic mass is 9.88. The molecule has 0 aliphatic heterocycles. The molecule has 0 fully saturated rings. The lowest BCUT2D eigenvalue weighted by Crippen LogP contribution is -2.24. The Labute approximate surface area is 165 Å². The van der Waals surface area contributed by atoms with Gasteiger partial charge < -0.3 is 9.84 Å². The van der Waals surface area contributed by atoms with Crippen LogP contribution in [0, 0.1) is 6.92 Å². The third-order valence-corrected chi connectivity index (χ3v) is 4.58. The van der Waals surface area contributed by atoms with Gasteiger partial charge in [-0.25, -0.2) is 0 Å². The molecule has 1 heterocycles. The fourth-order valence-corrected chi connectivity index (χ4v) is 3.41. The molecule has 27 heavy (non-hydrogen) atoms. The highest BCUT2D eigenvalue weighted by molar-refractivity contribution is 6.30. The van der Waals surface area contributed by atoms with Gasteiger partial charge in [-0.15, -0.1) is 0 Å². The van der Waals surface area contributed by atoms with Crippen LogP contribution in [0.15, 0.2) is 61.0 Å². The van der Waals surface area contributed by atoms with Gasteiger partial charge in [-0.3, -0.25) is 4.98 Å². The zero-order valence-corrected chi connectivity index (χ0v) is 16.8. The van der Waals surface area contributed by atoms with Crippen LogP contribution >= 0.6 is 11.6 Å². The molecule has 140 valence electrons. The Kier molecular flexibility index (Phi) is 5.27. The second kappa shape index (κ2) is 7.34. The van der Waals surface area contributed by atoms with Crippen LogP contribution in [0.4, 0.5) is 0 Å². The Morgan fingerprint density at radius 3 is 2.44 bits per heavy atom. The maximum Gasteiger partial charge on any atom is 0.140 e. The summed E-state index contributed by atoms with van der Waals surface area (Å²) in [7, 11) is 0. The van der Waals surface area contributed by atoms with E-state index < -0.39 is 11.7 Å². The minimum absolute atomic E-state index is 0.0218. The number of aliphatic hydroxyl groups is 1. The van der Waals surface area contributed by atoms with Crippen LogP contribution in [0.3, 0.4) is 0 Å². The van der Waals surface area contributed by atoms with Crippen molar-refractivity contribution in [2.24, 2.45) is 0 Å². The van der Waals surface area contributed by atoms with Gasteiger partial charge in [0, 0.05) is 16.6 Å². The maximum absolute atomic E-state index is 10.4. The van der Waals surface area contributed by atoms with Crippen LogP contribution in [0.5, 0.6) is 0 Å². The number of aliphatic hydroxyl groups excluding tert-OH is 1. The van der Waals surface area contributed by atoms with Gasteiger partial charge in [-0.2, -0.15) is 0 Å². The SMILES string of the molecule is C=C(O)[C@@H](OC(C)(C)C)c1c(C)cc2ncccc2c1-c1ccc(Cl)cc1. The lowest BCUT2D eigenvalue weighted by Gasteiger charge is -2.30. The van der Waals surface area contributed by atoms with Crippen molar-refractivity contribution in [2.45, 2.75) is 39.4 Å². The highest BCUT2D eigenvalue weighted by Crippen LogP contribution is 2.41. The number of aryl methyl sites for hydroxylation is 1. The Morgan fingerprint density at radius 1 is 1.19 bits per heavy atom. The summed E-state index contributed by atoms with van der Waals surface area (Å²) in [4.78, 5) is 4.51. The number of hydrogen-bond acceptors (Lipinski definition) is 3. The average Bonchev–Trinajstić information content (AvgIpc) is 2.59. The largest absolute Gasteiger partial charge is 0.510 e. The highest BCUT2D eigenvalue weighted by Gasteiger charge is 2.28. The Bertz CT molecular complexity index is 988. The molecule has 4 heteroatoms. The first-order valence-electron chi connectivity index (χ1n) is 8.87. The summed E-state index contributed by atoms with van der Waals surface area (Å²) in [5.74, 6) is -0.0218. The number of ether oxygens (including phenoxy) is 1. The monoisotopic (exact) mass is 381 g/mol. The molecule has 0 aliphatic rings. The van der Waals surface area contributed by atoms with E-state index >= 15 is 0 Å². The molecule has 3 aromatic rings. The number of nitrogens with zero attached hydrogens (tertiary/aromatic N) is 1. The Balaban J connectivity index is 2.37. The molecular weight excluding hydrogens is 358 g/mol. The number of pyridine rings is 1. The summed E-state index contributed by atoms with van der Waals surface area (Å²) < 4.78 is 6.20. The Hall–Kier alpha value is -2.36. The van der Waals surface area contributed by atoms with Gasteiger partial charge in [0.1, 0.15) is 11.9 Å². The topological polar surface area (TPSA) is 42.4 Å². The van der Waals surface area contributed by atoms with Crippen LogP contribution in [-0.4, -0.2) is 15.7 Å². The smallest absolute Gasteiger partial charge is 0.140 e. The third-order valence-electron chi connectivity index (χ3n) is 4.32. The van der Waals surface area contributed by atoms with Gasteiger partial charge in [0.15, 0.2) is 0 Å². The molecule has 3 rings (SSSR count). The maximum atomic E-state index is 10.4. The molecule has 1 N–H and O–H groups in total. The van der Waals surface area contributed by atoms with Gasteiger partial charge in [0.05, 0.1) is 11.1 Å². The molecule has 0 amide bonds. The van der Waals surface area contributed by atoms with Gasteiger partial charge in [-0.1, -0.05) is 36.4 Å². The van der Waals surface area contributed by atoms with Crippen molar-refractivity contribution in [3.05, 3.63) is 77.1 Å². The fourth-order valence-electron chi connectivity index (χ4n) is 3.28. The molecule has 0 spiro atoms. The zero-order chi connectivity index (χ0) is 19.8. The molecule has 0 unspecified atom stereocenters. The third kappa shape index (κ3) is 4.15. The van der Waals surface area contributed by atoms with Crippen LogP contribution < -0.4 is 0 Å². The predicted molar refractivity (Wildman–Crippen MR) is 112 cm³/mol. The molecule has 2 aromatic carbocycles. The summed E-state index contributed by atoms with van der Waals surface area (Å²) in [6, 6.07) is 13.6. The van der Waals surface area contributed by atoms with E-state index in [0.29, 0.717) is 5.02 Å². The summed E-state index contributed by atoms with van der Waals surface area (Å²) in [5, 5.41) is 12.0. The van der Waals surface area contributed by atoms with Crippen LogP contribution in [-0.2, 0) is 4.74 Å². The van der Waals surface area contributed by atoms with Crippen molar-refractivity contribution < 1.29 is 9.84 Å². The number of aromatic nitrogens is 1. The van der Waals surface area contributed by atoms with Crippen molar-refractivity contribution in [3.63, 3.8) is 0 Å². The molecule has 3 nitrogen and oxygen atoms in total. The normalized spacial score (nSPS) is 12.9. The predicted octanol–water partition coefficient (Wildman–Crippen LogP) is 6.79. The van der Waals surface area contributed by atoms with Crippen molar-refractivity contribution in [2.75, 3.05) is 0 Å². The second-order valence-electron chi connectivity index (χ2n) is 7.66. The van der Waals surface area contributed by atoms with Gasteiger partial charge >= 0.3 is 0 Å². The number of halogens is 1. The number of hydrogen-bond donors (Lipinski definition) is 1. The number of rotatable bonds is 4. The molecule has 1 atom stereocenters.